The highest BCUT2D eigenvalue weighted by Gasteiger charge is 2.07. The molecule has 94 valence electrons. The molecule has 18 heavy (non-hydrogen) atoms. The summed E-state index contributed by atoms with van der Waals surface area (Å²) in [6, 6.07) is 4.60. The zero-order valence-electron chi connectivity index (χ0n) is 9.61. The number of rotatable bonds is 4. The molecule has 0 saturated carbocycles. The number of aromatic nitrogens is 1. The second-order valence-electron chi connectivity index (χ2n) is 3.71. The molecular weight excluding hydrogens is 272 g/mol. The predicted molar refractivity (Wildman–Crippen MR) is 72.6 cm³/mol. The van der Waals surface area contributed by atoms with E-state index in [4.69, 9.17) is 16.7 Å². The summed E-state index contributed by atoms with van der Waals surface area (Å²) in [5.41, 5.74) is 1.82. The van der Waals surface area contributed by atoms with Crippen molar-refractivity contribution in [3.63, 3.8) is 0 Å². The number of benzene rings is 1. The number of halogens is 1. The number of carboxylic acid groups (broad SMARTS) is 1. The summed E-state index contributed by atoms with van der Waals surface area (Å²) < 4.78 is 0. The highest BCUT2D eigenvalue weighted by molar-refractivity contribution is 7.09. The van der Waals surface area contributed by atoms with Gasteiger partial charge in [-0.25, -0.2) is 9.78 Å². The van der Waals surface area contributed by atoms with Crippen LogP contribution in [0.5, 0.6) is 0 Å². The summed E-state index contributed by atoms with van der Waals surface area (Å²) in [6.45, 7) is 2.51. The smallest absolute Gasteiger partial charge is 0.335 e. The number of aromatic carboxylic acids is 1. The summed E-state index contributed by atoms with van der Waals surface area (Å²) in [5.74, 6) is -0.987. The van der Waals surface area contributed by atoms with E-state index in [9.17, 15) is 4.79 Å². The number of aryl methyl sites for hydroxylation is 1. The minimum absolute atomic E-state index is 0.176. The number of nitrogens with one attached hydrogen (secondary N) is 1. The van der Waals surface area contributed by atoms with Crippen molar-refractivity contribution in [2.75, 3.05) is 5.32 Å². The Bertz CT molecular complexity index is 583. The van der Waals surface area contributed by atoms with Gasteiger partial charge in [0.05, 0.1) is 33.5 Å². The van der Waals surface area contributed by atoms with Gasteiger partial charge in [-0.15, -0.1) is 11.3 Å². The van der Waals surface area contributed by atoms with Gasteiger partial charge in [-0.2, -0.15) is 0 Å². The lowest BCUT2D eigenvalue weighted by atomic mass is 10.2. The van der Waals surface area contributed by atoms with E-state index in [0.717, 1.165) is 10.7 Å². The Morgan fingerprint density at radius 1 is 1.56 bits per heavy atom. The third-order valence-electron chi connectivity index (χ3n) is 2.34. The van der Waals surface area contributed by atoms with Crippen molar-refractivity contribution in [2.24, 2.45) is 0 Å². The third kappa shape index (κ3) is 3.00. The molecular formula is C12H11ClN2O2S. The fourth-order valence-electron chi connectivity index (χ4n) is 1.47. The zero-order valence-corrected chi connectivity index (χ0v) is 11.2. The monoisotopic (exact) mass is 282 g/mol. The molecule has 0 atom stereocenters. The van der Waals surface area contributed by atoms with Gasteiger partial charge in [0.25, 0.3) is 0 Å². The lowest BCUT2D eigenvalue weighted by molar-refractivity contribution is 0.0697. The van der Waals surface area contributed by atoms with Crippen LogP contribution in [0.25, 0.3) is 0 Å². The highest BCUT2D eigenvalue weighted by Crippen LogP contribution is 2.23. The summed E-state index contributed by atoms with van der Waals surface area (Å²) >= 11 is 7.59. The minimum Gasteiger partial charge on any atom is -0.478 e. The quantitative estimate of drug-likeness (QED) is 0.902. The zero-order chi connectivity index (χ0) is 13.1. The van der Waals surface area contributed by atoms with Crippen molar-refractivity contribution in [1.29, 1.82) is 0 Å². The second kappa shape index (κ2) is 5.37. The fourth-order valence-corrected chi connectivity index (χ4v) is 2.33. The maximum Gasteiger partial charge on any atom is 0.335 e. The van der Waals surface area contributed by atoms with Crippen LogP contribution in [0.1, 0.15) is 21.1 Å². The van der Waals surface area contributed by atoms with Gasteiger partial charge in [-0.05, 0) is 25.1 Å². The Hall–Kier alpha value is -1.59. The maximum absolute atomic E-state index is 10.8. The maximum atomic E-state index is 10.8. The first kappa shape index (κ1) is 12.9. The summed E-state index contributed by atoms with van der Waals surface area (Å²) in [5, 5.41) is 15.3. The van der Waals surface area contributed by atoms with Crippen LogP contribution < -0.4 is 5.32 Å². The second-order valence-corrected chi connectivity index (χ2v) is 5.18. The van der Waals surface area contributed by atoms with Crippen LogP contribution >= 0.6 is 22.9 Å². The van der Waals surface area contributed by atoms with Crippen molar-refractivity contribution in [1.82, 2.24) is 4.98 Å². The lowest BCUT2D eigenvalue weighted by Gasteiger charge is -2.07. The van der Waals surface area contributed by atoms with Crippen molar-refractivity contribution >= 4 is 34.6 Å². The van der Waals surface area contributed by atoms with E-state index in [1.165, 1.54) is 12.1 Å². The van der Waals surface area contributed by atoms with Gasteiger partial charge in [0, 0.05) is 5.38 Å². The number of hydrogen-bond acceptors (Lipinski definition) is 4. The molecule has 0 fully saturated rings. The number of nitrogens with zero attached hydrogens (tertiary/aromatic N) is 1. The number of carboxylic acids is 1. The minimum atomic E-state index is -0.987. The lowest BCUT2D eigenvalue weighted by Crippen LogP contribution is -2.02. The van der Waals surface area contributed by atoms with Crippen LogP contribution in [-0.2, 0) is 6.54 Å². The van der Waals surface area contributed by atoms with E-state index in [1.807, 2.05) is 12.3 Å². The molecule has 6 heteroatoms. The van der Waals surface area contributed by atoms with Crippen molar-refractivity contribution in [3.05, 3.63) is 44.9 Å². The van der Waals surface area contributed by atoms with Crippen LogP contribution in [0.2, 0.25) is 5.02 Å². The topological polar surface area (TPSA) is 62.2 Å². The first-order chi connectivity index (χ1) is 8.56. The van der Waals surface area contributed by atoms with Gasteiger partial charge < -0.3 is 10.4 Å². The Balaban J connectivity index is 2.08. The van der Waals surface area contributed by atoms with Crippen LogP contribution in [0.15, 0.2) is 23.6 Å². The molecule has 1 aromatic heterocycles. The molecule has 1 aromatic carbocycles. The van der Waals surface area contributed by atoms with Crippen molar-refractivity contribution in [3.8, 4) is 0 Å². The normalized spacial score (nSPS) is 10.3. The van der Waals surface area contributed by atoms with Crippen molar-refractivity contribution < 1.29 is 9.90 Å². The molecule has 1 heterocycles. The van der Waals surface area contributed by atoms with Crippen LogP contribution in [0.3, 0.4) is 0 Å². The van der Waals surface area contributed by atoms with E-state index in [0.29, 0.717) is 17.3 Å². The standard InChI is InChI=1S/C12H11ClN2O2S/c1-7-15-9(6-18-7)5-14-11-3-2-8(12(16)17)4-10(11)13/h2-4,6,14H,5H2,1H3,(H,16,17). The summed E-state index contributed by atoms with van der Waals surface area (Å²) in [6.07, 6.45) is 0. The van der Waals surface area contributed by atoms with E-state index >= 15 is 0 Å². The molecule has 0 spiro atoms. The number of hydrogen-bond donors (Lipinski definition) is 2. The molecule has 2 N–H and O–H groups in total. The fraction of sp³-hybridized carbons (Fsp3) is 0.167. The third-order valence-corrected chi connectivity index (χ3v) is 3.48. The van der Waals surface area contributed by atoms with E-state index in [2.05, 4.69) is 10.3 Å². The molecule has 0 aliphatic heterocycles. The molecule has 0 unspecified atom stereocenters. The van der Waals surface area contributed by atoms with Gasteiger partial charge in [-0.3, -0.25) is 0 Å². The first-order valence-electron chi connectivity index (χ1n) is 5.24. The predicted octanol–water partition coefficient (Wildman–Crippen LogP) is 3.42. The Morgan fingerprint density at radius 3 is 2.89 bits per heavy atom. The largest absolute Gasteiger partial charge is 0.478 e. The SMILES string of the molecule is Cc1nc(CNc2ccc(C(=O)O)cc2Cl)cs1. The number of anilines is 1. The molecule has 0 saturated heterocycles. The number of thiazole rings is 1. The number of carbonyl (C=O) groups is 1. The molecule has 4 nitrogen and oxygen atoms in total. The Morgan fingerprint density at radius 2 is 2.33 bits per heavy atom. The molecule has 0 aliphatic rings. The van der Waals surface area contributed by atoms with Crippen LogP contribution in [-0.4, -0.2) is 16.1 Å². The van der Waals surface area contributed by atoms with E-state index < -0.39 is 5.97 Å². The molecule has 2 aromatic rings. The average molecular weight is 283 g/mol. The molecule has 0 aliphatic carbocycles. The molecule has 0 radical (unpaired) electrons. The van der Waals surface area contributed by atoms with E-state index in [1.54, 1.807) is 17.4 Å². The first-order valence-corrected chi connectivity index (χ1v) is 6.50. The average Bonchev–Trinajstić information content (AvgIpc) is 2.73. The highest BCUT2D eigenvalue weighted by atomic mass is 35.5. The Labute approximate surface area is 113 Å². The molecule has 0 amide bonds. The molecule has 2 rings (SSSR count). The van der Waals surface area contributed by atoms with E-state index in [-0.39, 0.29) is 5.56 Å². The van der Waals surface area contributed by atoms with Crippen molar-refractivity contribution in [2.45, 2.75) is 13.5 Å². The van der Waals surface area contributed by atoms with Gasteiger partial charge in [0.1, 0.15) is 0 Å². The van der Waals surface area contributed by atoms with Gasteiger partial charge >= 0.3 is 5.97 Å². The van der Waals surface area contributed by atoms with Gasteiger partial charge in [0.2, 0.25) is 0 Å². The van der Waals surface area contributed by atoms with Crippen LogP contribution in [0, 0.1) is 6.92 Å². The van der Waals surface area contributed by atoms with Gasteiger partial charge in [-0.1, -0.05) is 11.6 Å². The summed E-state index contributed by atoms with van der Waals surface area (Å²) in [4.78, 5) is 15.1. The summed E-state index contributed by atoms with van der Waals surface area (Å²) in [7, 11) is 0. The van der Waals surface area contributed by atoms with Gasteiger partial charge in [0.15, 0.2) is 0 Å². The Kier molecular flexibility index (Phi) is 3.84. The van der Waals surface area contributed by atoms with Crippen LogP contribution in [0.4, 0.5) is 5.69 Å². The molecule has 0 bridgehead atoms.